The Hall–Kier alpha value is -2.08. The molecule has 0 atom stereocenters. The fourth-order valence-corrected chi connectivity index (χ4v) is 2.33. The molecule has 1 fully saturated rings. The fraction of sp³-hybridized carbons (Fsp3) is 0.579. The molecule has 1 aromatic carbocycles. The van der Waals surface area contributed by atoms with Gasteiger partial charge < -0.3 is 19.3 Å². The van der Waals surface area contributed by atoms with Crippen LogP contribution in [0.25, 0.3) is 0 Å². The van der Waals surface area contributed by atoms with E-state index < -0.39 is 0 Å². The van der Waals surface area contributed by atoms with Crippen molar-refractivity contribution in [2.75, 3.05) is 33.8 Å². The molecule has 6 nitrogen and oxygen atoms in total. The number of hydrogen-bond acceptors (Lipinski definition) is 4. The Balaban J connectivity index is 0.00000151. The van der Waals surface area contributed by atoms with Crippen LogP contribution < -0.4 is 0 Å². The number of hydrogen-bond donors (Lipinski definition) is 0. The van der Waals surface area contributed by atoms with E-state index in [9.17, 15) is 9.59 Å². The molecule has 0 aromatic heterocycles. The summed E-state index contributed by atoms with van der Waals surface area (Å²) in [5.41, 5.74) is 0.973. The van der Waals surface area contributed by atoms with Gasteiger partial charge in [0.2, 0.25) is 5.91 Å². The number of benzene rings is 1. The molecule has 140 valence electrons. The quantitative estimate of drug-likeness (QED) is 0.819. The van der Waals surface area contributed by atoms with Gasteiger partial charge in [0.1, 0.15) is 13.2 Å². The Morgan fingerprint density at radius 2 is 1.72 bits per heavy atom. The predicted molar refractivity (Wildman–Crippen MR) is 97.2 cm³/mol. The zero-order chi connectivity index (χ0) is 18.7. The summed E-state index contributed by atoms with van der Waals surface area (Å²) in [7, 11) is 3.41. The molecule has 0 radical (unpaired) electrons. The van der Waals surface area contributed by atoms with E-state index in [2.05, 4.69) is 0 Å². The first-order chi connectivity index (χ1) is 12.1. The predicted octanol–water partition coefficient (Wildman–Crippen LogP) is 2.92. The number of carbonyl (C=O) groups excluding carboxylic acids is 2. The first kappa shape index (κ1) is 21.0. The average Bonchev–Trinajstić information content (AvgIpc) is 2.67. The summed E-state index contributed by atoms with van der Waals surface area (Å²) >= 11 is 0. The second-order valence-electron chi connectivity index (χ2n) is 5.83. The van der Waals surface area contributed by atoms with E-state index in [0.29, 0.717) is 13.1 Å². The molecule has 25 heavy (non-hydrogen) atoms. The van der Waals surface area contributed by atoms with Crippen molar-refractivity contribution in [1.29, 1.82) is 0 Å². The average molecular weight is 350 g/mol. The van der Waals surface area contributed by atoms with Crippen LogP contribution in [-0.4, -0.2) is 61.7 Å². The van der Waals surface area contributed by atoms with Gasteiger partial charge in [-0.05, 0) is 18.4 Å². The number of rotatable bonds is 5. The highest BCUT2D eigenvalue weighted by molar-refractivity contribution is 5.76. The summed E-state index contributed by atoms with van der Waals surface area (Å²) in [5, 5.41) is 0. The summed E-state index contributed by atoms with van der Waals surface area (Å²) in [5.74, 6) is -0.0466. The number of amides is 2. The van der Waals surface area contributed by atoms with E-state index >= 15 is 0 Å². The lowest BCUT2D eigenvalue weighted by Crippen LogP contribution is -2.42. The number of likely N-dealkylation sites (N-methyl/N-ethyl adjacent to an activating group) is 1. The summed E-state index contributed by atoms with van der Waals surface area (Å²) in [4.78, 5) is 26.7. The van der Waals surface area contributed by atoms with E-state index in [4.69, 9.17) is 9.47 Å². The minimum Gasteiger partial charge on any atom is -0.445 e. The lowest BCUT2D eigenvalue weighted by atomic mass is 10.1. The lowest BCUT2D eigenvalue weighted by molar-refractivity contribution is -0.136. The van der Waals surface area contributed by atoms with Crippen LogP contribution in [0.4, 0.5) is 4.79 Å². The maximum absolute atomic E-state index is 12.0. The Bertz CT molecular complexity index is 511. The first-order valence-electron chi connectivity index (χ1n) is 8.83. The number of likely N-dealkylation sites (tertiary alicyclic amines) is 1. The highest BCUT2D eigenvalue weighted by Crippen LogP contribution is 2.15. The topological polar surface area (TPSA) is 59.1 Å². The van der Waals surface area contributed by atoms with Crippen molar-refractivity contribution >= 4 is 12.0 Å². The normalized spacial score (nSPS) is 14.3. The van der Waals surface area contributed by atoms with E-state index in [1.54, 1.807) is 19.0 Å². The van der Waals surface area contributed by atoms with Crippen LogP contribution in [-0.2, 0) is 20.9 Å². The van der Waals surface area contributed by atoms with Gasteiger partial charge in [0.15, 0.2) is 0 Å². The van der Waals surface area contributed by atoms with Crippen LogP contribution in [0.5, 0.6) is 0 Å². The second kappa shape index (κ2) is 11.5. The van der Waals surface area contributed by atoms with Gasteiger partial charge in [-0.2, -0.15) is 0 Å². The van der Waals surface area contributed by atoms with Crippen molar-refractivity contribution in [3.05, 3.63) is 35.9 Å². The van der Waals surface area contributed by atoms with Crippen molar-refractivity contribution < 1.29 is 19.1 Å². The third kappa shape index (κ3) is 7.56. The van der Waals surface area contributed by atoms with Gasteiger partial charge in [0, 0.05) is 27.2 Å². The highest BCUT2D eigenvalue weighted by Gasteiger charge is 2.24. The molecule has 1 aliphatic rings. The van der Waals surface area contributed by atoms with E-state index in [1.165, 1.54) is 4.90 Å². The molecular weight excluding hydrogens is 320 g/mol. The van der Waals surface area contributed by atoms with Gasteiger partial charge in [-0.15, -0.1) is 0 Å². The molecule has 2 rings (SSSR count). The van der Waals surface area contributed by atoms with Gasteiger partial charge >= 0.3 is 6.09 Å². The monoisotopic (exact) mass is 350 g/mol. The van der Waals surface area contributed by atoms with E-state index in [-0.39, 0.29) is 31.3 Å². The lowest BCUT2D eigenvalue weighted by Gasteiger charge is -2.31. The van der Waals surface area contributed by atoms with Gasteiger partial charge in [-0.1, -0.05) is 44.2 Å². The molecule has 1 saturated heterocycles. The maximum atomic E-state index is 12.0. The third-order valence-electron chi connectivity index (χ3n) is 3.85. The summed E-state index contributed by atoms with van der Waals surface area (Å²) in [6.07, 6.45) is 1.18. The summed E-state index contributed by atoms with van der Waals surface area (Å²) in [6.45, 7) is 5.56. The van der Waals surface area contributed by atoms with Crippen molar-refractivity contribution in [2.24, 2.45) is 0 Å². The minimum atomic E-state index is -0.295. The largest absolute Gasteiger partial charge is 0.445 e. The summed E-state index contributed by atoms with van der Waals surface area (Å²) in [6, 6.07) is 9.61. The molecular formula is C19H30N2O4. The molecule has 0 spiro atoms. The Morgan fingerprint density at radius 1 is 1.12 bits per heavy atom. The molecule has 0 bridgehead atoms. The van der Waals surface area contributed by atoms with Gasteiger partial charge in [-0.25, -0.2) is 4.79 Å². The maximum Gasteiger partial charge on any atom is 0.410 e. The molecule has 0 N–H and O–H groups in total. The smallest absolute Gasteiger partial charge is 0.410 e. The van der Waals surface area contributed by atoms with Crippen molar-refractivity contribution in [3.63, 3.8) is 0 Å². The van der Waals surface area contributed by atoms with Crippen LogP contribution in [0.2, 0.25) is 0 Å². The van der Waals surface area contributed by atoms with E-state index in [0.717, 1.165) is 18.4 Å². The molecule has 1 aliphatic heterocycles. The minimum absolute atomic E-state index is 0.0251. The SMILES string of the molecule is CC.CN(C)C(=O)COC1CCN(C(=O)OCc2ccccc2)CC1. The van der Waals surface area contributed by atoms with Crippen LogP contribution in [0, 0.1) is 0 Å². The summed E-state index contributed by atoms with van der Waals surface area (Å²) < 4.78 is 10.9. The van der Waals surface area contributed by atoms with Crippen LogP contribution >= 0.6 is 0 Å². The Labute approximate surface area is 150 Å². The second-order valence-corrected chi connectivity index (χ2v) is 5.83. The number of piperidine rings is 1. The van der Waals surface area contributed by atoms with Crippen LogP contribution in [0.15, 0.2) is 30.3 Å². The van der Waals surface area contributed by atoms with Gasteiger partial charge in [0.25, 0.3) is 0 Å². The Kier molecular flexibility index (Phi) is 9.62. The highest BCUT2D eigenvalue weighted by atomic mass is 16.6. The molecule has 2 amide bonds. The zero-order valence-electron chi connectivity index (χ0n) is 15.7. The van der Waals surface area contributed by atoms with Gasteiger partial charge in [-0.3, -0.25) is 4.79 Å². The van der Waals surface area contributed by atoms with Crippen molar-refractivity contribution in [1.82, 2.24) is 9.80 Å². The molecule has 0 unspecified atom stereocenters. The van der Waals surface area contributed by atoms with E-state index in [1.807, 2.05) is 44.2 Å². The third-order valence-corrected chi connectivity index (χ3v) is 3.85. The molecule has 1 heterocycles. The molecule has 1 aromatic rings. The fourth-order valence-electron chi connectivity index (χ4n) is 2.33. The Morgan fingerprint density at radius 3 is 2.28 bits per heavy atom. The van der Waals surface area contributed by atoms with Gasteiger partial charge in [0.05, 0.1) is 6.10 Å². The van der Waals surface area contributed by atoms with Crippen LogP contribution in [0.1, 0.15) is 32.3 Å². The van der Waals surface area contributed by atoms with Crippen molar-refractivity contribution in [3.8, 4) is 0 Å². The van der Waals surface area contributed by atoms with Crippen LogP contribution in [0.3, 0.4) is 0 Å². The first-order valence-corrected chi connectivity index (χ1v) is 8.83. The molecule has 6 heteroatoms. The standard InChI is InChI=1S/C17H24N2O4.C2H6/c1-18(2)16(20)13-22-15-8-10-19(11-9-15)17(21)23-12-14-6-4-3-5-7-14;1-2/h3-7,15H,8-13H2,1-2H3;1-2H3. The number of nitrogens with zero attached hydrogens (tertiary/aromatic N) is 2. The molecule has 0 aliphatic carbocycles. The molecule has 0 saturated carbocycles. The number of ether oxygens (including phenoxy) is 2. The zero-order valence-corrected chi connectivity index (χ0v) is 15.7. The number of carbonyl (C=O) groups is 2. The van der Waals surface area contributed by atoms with Crippen molar-refractivity contribution in [2.45, 2.75) is 39.4 Å².